The maximum atomic E-state index is 13.9. The number of hydrogen-bond donors (Lipinski definition) is 2. The van der Waals surface area contributed by atoms with Crippen LogP contribution in [0, 0.1) is 5.82 Å². The first kappa shape index (κ1) is 16.7. The monoisotopic (exact) mass is 327 g/mol. The SMILES string of the molecule is CSC(C)CNS(=O)(=O)c1cc(Cl)cc(CO)c1F. The van der Waals surface area contributed by atoms with Gasteiger partial charge in [-0.15, -0.1) is 0 Å². The normalized spacial score (nSPS) is 13.5. The molecular weight excluding hydrogens is 313 g/mol. The molecule has 1 aromatic carbocycles. The van der Waals surface area contributed by atoms with E-state index in [9.17, 15) is 12.8 Å². The second kappa shape index (κ2) is 6.90. The fourth-order valence-corrected chi connectivity index (χ4v) is 3.25. The van der Waals surface area contributed by atoms with Gasteiger partial charge in [0.15, 0.2) is 0 Å². The molecule has 0 radical (unpaired) electrons. The van der Waals surface area contributed by atoms with Gasteiger partial charge in [0.25, 0.3) is 0 Å². The third-order valence-electron chi connectivity index (χ3n) is 2.50. The molecule has 0 heterocycles. The summed E-state index contributed by atoms with van der Waals surface area (Å²) in [5.41, 5.74) is -0.147. The first-order chi connectivity index (χ1) is 8.81. The fourth-order valence-electron chi connectivity index (χ4n) is 1.32. The predicted molar refractivity (Wildman–Crippen MR) is 75.5 cm³/mol. The molecular formula is C11H15ClFNO3S2. The first-order valence-electron chi connectivity index (χ1n) is 5.43. The zero-order valence-corrected chi connectivity index (χ0v) is 12.9. The van der Waals surface area contributed by atoms with E-state index in [0.29, 0.717) is 0 Å². The van der Waals surface area contributed by atoms with Crippen molar-refractivity contribution in [2.45, 2.75) is 23.7 Å². The van der Waals surface area contributed by atoms with Crippen LogP contribution in [0.5, 0.6) is 0 Å². The van der Waals surface area contributed by atoms with E-state index in [1.807, 2.05) is 13.2 Å². The summed E-state index contributed by atoms with van der Waals surface area (Å²) in [5.74, 6) is -0.976. The lowest BCUT2D eigenvalue weighted by Crippen LogP contribution is -2.30. The van der Waals surface area contributed by atoms with E-state index in [4.69, 9.17) is 16.7 Å². The highest BCUT2D eigenvalue weighted by molar-refractivity contribution is 7.99. The van der Waals surface area contributed by atoms with Crippen molar-refractivity contribution in [2.24, 2.45) is 0 Å². The molecule has 8 heteroatoms. The van der Waals surface area contributed by atoms with Crippen LogP contribution in [0.2, 0.25) is 5.02 Å². The number of sulfonamides is 1. The molecule has 19 heavy (non-hydrogen) atoms. The maximum absolute atomic E-state index is 13.9. The van der Waals surface area contributed by atoms with Crippen LogP contribution in [0.1, 0.15) is 12.5 Å². The van der Waals surface area contributed by atoms with E-state index in [2.05, 4.69) is 4.72 Å². The van der Waals surface area contributed by atoms with Crippen LogP contribution in [-0.2, 0) is 16.6 Å². The number of aliphatic hydroxyl groups is 1. The Labute approximate surface area is 121 Å². The summed E-state index contributed by atoms with van der Waals surface area (Å²) < 4.78 is 40.2. The molecule has 1 unspecified atom stereocenters. The quantitative estimate of drug-likeness (QED) is 0.838. The minimum absolute atomic E-state index is 0.0590. The lowest BCUT2D eigenvalue weighted by atomic mass is 10.2. The van der Waals surface area contributed by atoms with Crippen molar-refractivity contribution in [3.8, 4) is 0 Å². The van der Waals surface area contributed by atoms with Gasteiger partial charge in [0.2, 0.25) is 10.0 Å². The highest BCUT2D eigenvalue weighted by Gasteiger charge is 2.22. The Hall–Kier alpha value is -0.340. The van der Waals surface area contributed by atoms with Gasteiger partial charge in [-0.1, -0.05) is 18.5 Å². The van der Waals surface area contributed by atoms with Crippen LogP contribution < -0.4 is 4.72 Å². The topological polar surface area (TPSA) is 66.4 Å². The molecule has 0 bridgehead atoms. The largest absolute Gasteiger partial charge is 0.392 e. The molecule has 108 valence electrons. The zero-order valence-electron chi connectivity index (χ0n) is 10.5. The summed E-state index contributed by atoms with van der Waals surface area (Å²) in [6, 6.07) is 2.22. The number of nitrogens with one attached hydrogen (secondary N) is 1. The van der Waals surface area contributed by atoms with E-state index < -0.39 is 27.3 Å². The van der Waals surface area contributed by atoms with Gasteiger partial charge >= 0.3 is 0 Å². The van der Waals surface area contributed by atoms with Crippen molar-refractivity contribution >= 4 is 33.4 Å². The molecule has 1 rings (SSSR count). The Kier molecular flexibility index (Phi) is 6.07. The van der Waals surface area contributed by atoms with Gasteiger partial charge in [-0.05, 0) is 18.4 Å². The van der Waals surface area contributed by atoms with Crippen molar-refractivity contribution < 1.29 is 17.9 Å². The summed E-state index contributed by atoms with van der Waals surface area (Å²) >= 11 is 7.21. The van der Waals surface area contributed by atoms with Crippen molar-refractivity contribution in [1.82, 2.24) is 4.72 Å². The van der Waals surface area contributed by atoms with Crippen LogP contribution >= 0.6 is 23.4 Å². The molecule has 0 aromatic heterocycles. The summed E-state index contributed by atoms with van der Waals surface area (Å²) in [7, 11) is -3.99. The highest BCUT2D eigenvalue weighted by atomic mass is 35.5. The molecule has 0 saturated carbocycles. The van der Waals surface area contributed by atoms with E-state index in [1.54, 1.807) is 0 Å². The minimum atomic E-state index is -3.99. The highest BCUT2D eigenvalue weighted by Crippen LogP contribution is 2.23. The van der Waals surface area contributed by atoms with Gasteiger partial charge in [-0.3, -0.25) is 0 Å². The Morgan fingerprint density at radius 3 is 2.68 bits per heavy atom. The molecule has 0 aliphatic heterocycles. The van der Waals surface area contributed by atoms with Gasteiger partial charge in [-0.2, -0.15) is 11.8 Å². The molecule has 1 aromatic rings. The van der Waals surface area contributed by atoms with Gasteiger partial charge in [-0.25, -0.2) is 17.5 Å². The molecule has 0 amide bonds. The van der Waals surface area contributed by atoms with E-state index in [1.165, 1.54) is 17.8 Å². The molecule has 0 spiro atoms. The lowest BCUT2D eigenvalue weighted by Gasteiger charge is -2.12. The predicted octanol–water partition coefficient (Wildman–Crippen LogP) is 2.00. The van der Waals surface area contributed by atoms with Gasteiger partial charge in [0.05, 0.1) is 6.61 Å². The molecule has 4 nitrogen and oxygen atoms in total. The maximum Gasteiger partial charge on any atom is 0.243 e. The second-order valence-corrected chi connectivity index (χ2v) is 7.38. The van der Waals surface area contributed by atoms with Crippen molar-refractivity contribution in [1.29, 1.82) is 0 Å². The van der Waals surface area contributed by atoms with Gasteiger partial charge in [0, 0.05) is 22.4 Å². The standard InChI is InChI=1S/C11H15ClFNO3S2/c1-7(18-2)5-14-19(16,17)10-4-9(12)3-8(6-15)11(10)13/h3-4,7,14-15H,5-6H2,1-2H3. The summed E-state index contributed by atoms with van der Waals surface area (Å²) in [6.07, 6.45) is 1.85. The number of halogens is 2. The minimum Gasteiger partial charge on any atom is -0.392 e. The Balaban J connectivity index is 3.11. The third kappa shape index (κ3) is 4.32. The lowest BCUT2D eigenvalue weighted by molar-refractivity contribution is 0.274. The van der Waals surface area contributed by atoms with Crippen LogP contribution in [0.25, 0.3) is 0 Å². The van der Waals surface area contributed by atoms with Gasteiger partial charge in [0.1, 0.15) is 10.7 Å². The third-order valence-corrected chi connectivity index (χ3v) is 5.11. The summed E-state index contributed by atoms with van der Waals surface area (Å²) in [6.45, 7) is 1.42. The van der Waals surface area contributed by atoms with E-state index >= 15 is 0 Å². The first-order valence-corrected chi connectivity index (χ1v) is 8.58. The number of rotatable bonds is 6. The van der Waals surface area contributed by atoms with Crippen molar-refractivity contribution in [2.75, 3.05) is 12.8 Å². The van der Waals surface area contributed by atoms with Crippen LogP contribution in [0.4, 0.5) is 4.39 Å². The smallest absolute Gasteiger partial charge is 0.243 e. The second-order valence-electron chi connectivity index (χ2n) is 3.93. The molecule has 2 N–H and O–H groups in total. The Bertz CT molecular complexity index is 551. The number of benzene rings is 1. The summed E-state index contributed by atoms with van der Waals surface area (Å²) in [5, 5.41) is 9.10. The Morgan fingerprint density at radius 2 is 2.16 bits per heavy atom. The molecule has 0 aliphatic carbocycles. The average Bonchev–Trinajstić information content (AvgIpc) is 2.38. The molecule has 0 saturated heterocycles. The number of aliphatic hydroxyl groups excluding tert-OH is 1. The molecule has 0 aliphatic rings. The van der Waals surface area contributed by atoms with Crippen molar-refractivity contribution in [3.05, 3.63) is 28.5 Å². The fraction of sp³-hybridized carbons (Fsp3) is 0.455. The summed E-state index contributed by atoms with van der Waals surface area (Å²) in [4.78, 5) is -0.544. The van der Waals surface area contributed by atoms with Crippen LogP contribution in [0.15, 0.2) is 17.0 Å². The number of thioether (sulfide) groups is 1. The Morgan fingerprint density at radius 1 is 1.53 bits per heavy atom. The van der Waals surface area contributed by atoms with Crippen LogP contribution in [0.3, 0.4) is 0 Å². The van der Waals surface area contributed by atoms with E-state index in [0.717, 1.165) is 6.07 Å². The number of hydrogen-bond acceptors (Lipinski definition) is 4. The van der Waals surface area contributed by atoms with Gasteiger partial charge < -0.3 is 5.11 Å². The van der Waals surface area contributed by atoms with Crippen molar-refractivity contribution in [3.63, 3.8) is 0 Å². The zero-order chi connectivity index (χ0) is 14.6. The molecule has 1 atom stereocenters. The van der Waals surface area contributed by atoms with Crippen LogP contribution in [-0.4, -0.2) is 31.6 Å². The average molecular weight is 328 g/mol. The molecule has 0 fully saturated rings. The van der Waals surface area contributed by atoms with E-state index in [-0.39, 0.29) is 22.4 Å².